The molecule has 0 aromatic heterocycles. The van der Waals surface area contributed by atoms with Crippen molar-refractivity contribution < 1.29 is 14.3 Å². The van der Waals surface area contributed by atoms with Crippen molar-refractivity contribution in [2.24, 2.45) is 5.10 Å². The van der Waals surface area contributed by atoms with Gasteiger partial charge < -0.3 is 14.8 Å². The van der Waals surface area contributed by atoms with Crippen LogP contribution >= 0.6 is 0 Å². The molecule has 3 rings (SSSR count). The minimum absolute atomic E-state index is 0.231. The second-order valence-electron chi connectivity index (χ2n) is 6.67. The first-order valence-corrected chi connectivity index (χ1v) is 9.33. The summed E-state index contributed by atoms with van der Waals surface area (Å²) in [5.74, 6) is 1.09. The molecule has 1 atom stereocenters. The van der Waals surface area contributed by atoms with Crippen molar-refractivity contribution in [1.29, 1.82) is 0 Å². The van der Waals surface area contributed by atoms with Gasteiger partial charge >= 0.3 is 0 Å². The lowest BCUT2D eigenvalue weighted by molar-refractivity contribution is -0.121. The molecule has 3 aromatic rings. The van der Waals surface area contributed by atoms with Gasteiger partial charge in [-0.25, -0.2) is 5.43 Å². The van der Waals surface area contributed by atoms with E-state index in [1.54, 1.807) is 27.2 Å². The monoisotopic (exact) mass is 391 g/mol. The molecule has 0 spiro atoms. The van der Waals surface area contributed by atoms with E-state index in [9.17, 15) is 4.79 Å². The summed E-state index contributed by atoms with van der Waals surface area (Å²) in [5.41, 5.74) is 4.91. The number of anilines is 1. The highest BCUT2D eigenvalue weighted by Gasteiger charge is 2.13. The summed E-state index contributed by atoms with van der Waals surface area (Å²) in [5, 5.41) is 9.71. The molecule has 0 bridgehead atoms. The van der Waals surface area contributed by atoms with Crippen molar-refractivity contribution in [3.8, 4) is 11.5 Å². The van der Waals surface area contributed by atoms with Gasteiger partial charge in [-0.15, -0.1) is 0 Å². The molecule has 0 aliphatic heterocycles. The average molecular weight is 391 g/mol. The van der Waals surface area contributed by atoms with Gasteiger partial charge in [-0.05, 0) is 48.9 Å². The number of ether oxygens (including phenoxy) is 2. The molecule has 2 N–H and O–H groups in total. The number of amides is 1. The van der Waals surface area contributed by atoms with E-state index in [0.29, 0.717) is 17.2 Å². The van der Waals surface area contributed by atoms with Crippen LogP contribution in [0.2, 0.25) is 0 Å². The van der Waals surface area contributed by atoms with E-state index in [1.807, 2.05) is 55.5 Å². The fourth-order valence-corrected chi connectivity index (χ4v) is 2.99. The van der Waals surface area contributed by atoms with E-state index in [4.69, 9.17) is 9.47 Å². The lowest BCUT2D eigenvalue weighted by atomic mass is 10.1. The van der Waals surface area contributed by atoms with Gasteiger partial charge in [0, 0.05) is 17.3 Å². The summed E-state index contributed by atoms with van der Waals surface area (Å²) in [4.78, 5) is 12.5. The van der Waals surface area contributed by atoms with Crippen LogP contribution in [-0.2, 0) is 4.79 Å². The van der Waals surface area contributed by atoms with Gasteiger partial charge in [0.2, 0.25) is 0 Å². The highest BCUT2D eigenvalue weighted by molar-refractivity contribution is 6.02. The number of benzene rings is 3. The molecule has 6 nitrogen and oxygen atoms in total. The third-order valence-electron chi connectivity index (χ3n) is 4.66. The van der Waals surface area contributed by atoms with Gasteiger partial charge in [0.05, 0.1) is 19.9 Å². The maximum absolute atomic E-state index is 12.5. The first-order valence-electron chi connectivity index (χ1n) is 9.33. The molecule has 0 unspecified atom stereocenters. The van der Waals surface area contributed by atoms with Crippen LogP contribution in [0.25, 0.3) is 10.8 Å². The van der Waals surface area contributed by atoms with Crippen LogP contribution in [0.3, 0.4) is 0 Å². The number of hydrogen-bond donors (Lipinski definition) is 2. The van der Waals surface area contributed by atoms with Gasteiger partial charge in [0.25, 0.3) is 5.91 Å². The third kappa shape index (κ3) is 4.85. The normalized spacial score (nSPS) is 12.3. The summed E-state index contributed by atoms with van der Waals surface area (Å²) in [6.07, 6.45) is 0. The van der Waals surface area contributed by atoms with Crippen LogP contribution in [0.15, 0.2) is 65.8 Å². The largest absolute Gasteiger partial charge is 0.497 e. The summed E-state index contributed by atoms with van der Waals surface area (Å²) in [6.45, 7) is 3.61. The zero-order chi connectivity index (χ0) is 20.8. The lowest BCUT2D eigenvalue weighted by Crippen LogP contribution is -2.35. The summed E-state index contributed by atoms with van der Waals surface area (Å²) in [6, 6.07) is 19.1. The maximum atomic E-state index is 12.5. The Morgan fingerprint density at radius 1 is 0.966 bits per heavy atom. The predicted molar refractivity (Wildman–Crippen MR) is 117 cm³/mol. The second-order valence-corrected chi connectivity index (χ2v) is 6.67. The molecule has 150 valence electrons. The number of hydrazone groups is 1. The van der Waals surface area contributed by atoms with Crippen molar-refractivity contribution in [3.63, 3.8) is 0 Å². The molecule has 0 fully saturated rings. The lowest BCUT2D eigenvalue weighted by Gasteiger charge is -2.15. The smallest absolute Gasteiger partial charge is 0.262 e. The Hall–Kier alpha value is -3.54. The van der Waals surface area contributed by atoms with Crippen molar-refractivity contribution in [2.45, 2.75) is 19.9 Å². The van der Waals surface area contributed by atoms with E-state index < -0.39 is 6.04 Å². The van der Waals surface area contributed by atoms with Crippen LogP contribution < -0.4 is 20.2 Å². The number of carbonyl (C=O) groups is 1. The molecular weight excluding hydrogens is 366 g/mol. The molecule has 0 saturated carbocycles. The Balaban J connectivity index is 1.67. The van der Waals surface area contributed by atoms with Crippen molar-refractivity contribution in [2.75, 3.05) is 19.5 Å². The molecule has 3 aromatic carbocycles. The average Bonchev–Trinajstić information content (AvgIpc) is 2.76. The van der Waals surface area contributed by atoms with E-state index in [0.717, 1.165) is 22.0 Å². The van der Waals surface area contributed by atoms with E-state index in [2.05, 4.69) is 21.9 Å². The summed E-state index contributed by atoms with van der Waals surface area (Å²) < 4.78 is 10.6. The zero-order valence-corrected chi connectivity index (χ0v) is 17.0. The number of hydrogen-bond acceptors (Lipinski definition) is 5. The Bertz CT molecular complexity index is 1050. The van der Waals surface area contributed by atoms with Crippen LogP contribution in [0.5, 0.6) is 11.5 Å². The Labute approximate surface area is 170 Å². The summed E-state index contributed by atoms with van der Waals surface area (Å²) in [7, 11) is 3.18. The molecule has 0 saturated heterocycles. The molecular formula is C23H25N3O3. The van der Waals surface area contributed by atoms with Gasteiger partial charge in [0.1, 0.15) is 17.5 Å². The summed E-state index contributed by atoms with van der Waals surface area (Å²) >= 11 is 0. The van der Waals surface area contributed by atoms with E-state index in [1.165, 1.54) is 0 Å². The fourth-order valence-electron chi connectivity index (χ4n) is 2.99. The van der Waals surface area contributed by atoms with Gasteiger partial charge in [0.15, 0.2) is 0 Å². The van der Waals surface area contributed by atoms with Crippen molar-refractivity contribution >= 4 is 28.1 Å². The maximum Gasteiger partial charge on any atom is 0.262 e. The number of rotatable bonds is 7. The van der Waals surface area contributed by atoms with Crippen LogP contribution in [-0.4, -0.2) is 31.9 Å². The molecule has 0 heterocycles. The van der Waals surface area contributed by atoms with Gasteiger partial charge in [-0.2, -0.15) is 5.10 Å². The van der Waals surface area contributed by atoms with Crippen LogP contribution in [0.4, 0.5) is 5.69 Å². The number of nitrogens with zero attached hydrogens (tertiary/aromatic N) is 1. The third-order valence-corrected chi connectivity index (χ3v) is 4.66. The first kappa shape index (κ1) is 20.2. The standard InChI is InChI=1S/C23H25N3O3/c1-15(21-12-11-20(28-3)14-22(21)29-4)25-26-23(27)16(2)24-19-10-9-17-7-5-6-8-18(17)13-19/h5-14,16,24H,1-4H3,(H,26,27)/b25-15+/t16-/m1/s1. The minimum Gasteiger partial charge on any atom is -0.497 e. The second kappa shape index (κ2) is 9.10. The minimum atomic E-state index is -0.453. The zero-order valence-electron chi connectivity index (χ0n) is 17.0. The molecule has 0 radical (unpaired) electrons. The molecule has 0 aliphatic carbocycles. The number of nitrogens with one attached hydrogen (secondary N) is 2. The number of methoxy groups -OCH3 is 2. The Morgan fingerprint density at radius 3 is 2.45 bits per heavy atom. The van der Waals surface area contributed by atoms with Gasteiger partial charge in [-0.3, -0.25) is 4.79 Å². The van der Waals surface area contributed by atoms with Crippen molar-refractivity contribution in [3.05, 3.63) is 66.2 Å². The Kier molecular flexibility index (Phi) is 6.34. The van der Waals surface area contributed by atoms with Crippen LogP contribution in [0, 0.1) is 0 Å². The van der Waals surface area contributed by atoms with Crippen molar-refractivity contribution in [1.82, 2.24) is 5.43 Å². The Morgan fingerprint density at radius 2 is 1.72 bits per heavy atom. The van der Waals surface area contributed by atoms with E-state index >= 15 is 0 Å². The SMILES string of the molecule is COc1ccc(/C(C)=N/NC(=O)[C@@H](C)Nc2ccc3ccccc3c2)c(OC)c1. The molecule has 6 heteroatoms. The van der Waals surface area contributed by atoms with E-state index in [-0.39, 0.29) is 5.91 Å². The highest BCUT2D eigenvalue weighted by Crippen LogP contribution is 2.25. The van der Waals surface area contributed by atoms with Crippen LogP contribution in [0.1, 0.15) is 19.4 Å². The molecule has 29 heavy (non-hydrogen) atoms. The molecule has 1 amide bonds. The van der Waals surface area contributed by atoms with Gasteiger partial charge in [-0.1, -0.05) is 30.3 Å². The predicted octanol–water partition coefficient (Wildman–Crippen LogP) is 4.20. The number of carbonyl (C=O) groups excluding carboxylic acids is 1. The topological polar surface area (TPSA) is 72.0 Å². The first-order chi connectivity index (χ1) is 14.0. The number of fused-ring (bicyclic) bond motifs is 1. The highest BCUT2D eigenvalue weighted by atomic mass is 16.5. The fraction of sp³-hybridized carbons (Fsp3) is 0.217. The molecule has 0 aliphatic rings. The quantitative estimate of drug-likeness (QED) is 0.468.